The van der Waals surface area contributed by atoms with Gasteiger partial charge in [0, 0.05) is 25.4 Å². The van der Waals surface area contributed by atoms with Crippen LogP contribution in [0.15, 0.2) is 48.5 Å². The van der Waals surface area contributed by atoms with E-state index in [-0.39, 0.29) is 11.8 Å². The highest BCUT2D eigenvalue weighted by atomic mass is 16.5. The minimum absolute atomic E-state index is 0.0872. The minimum atomic E-state index is 0.0872. The molecular formula is C28H37N3O2. The molecule has 1 aromatic heterocycles. The Labute approximate surface area is 197 Å². The van der Waals surface area contributed by atoms with Crippen molar-refractivity contribution < 1.29 is 9.53 Å². The quantitative estimate of drug-likeness (QED) is 0.290. The van der Waals surface area contributed by atoms with Crippen LogP contribution in [0.25, 0.3) is 11.0 Å². The highest BCUT2D eigenvalue weighted by molar-refractivity contribution is 5.97. The molecule has 0 radical (unpaired) electrons. The zero-order valence-electron chi connectivity index (χ0n) is 20.1. The Bertz CT molecular complexity index is 1060. The molecule has 33 heavy (non-hydrogen) atoms. The van der Waals surface area contributed by atoms with Crippen LogP contribution in [0.5, 0.6) is 5.75 Å². The van der Waals surface area contributed by atoms with Gasteiger partial charge >= 0.3 is 0 Å². The van der Waals surface area contributed by atoms with Gasteiger partial charge in [-0.25, -0.2) is 4.98 Å². The first-order valence-electron chi connectivity index (χ1n) is 12.7. The molecule has 2 heterocycles. The van der Waals surface area contributed by atoms with Crippen molar-refractivity contribution in [3.05, 3.63) is 54.4 Å². The highest BCUT2D eigenvalue weighted by Gasteiger charge is 2.35. The summed E-state index contributed by atoms with van der Waals surface area (Å²) in [5.74, 6) is 2.04. The summed E-state index contributed by atoms with van der Waals surface area (Å²) >= 11 is 0. The Morgan fingerprint density at radius 2 is 1.67 bits per heavy atom. The van der Waals surface area contributed by atoms with E-state index < -0.39 is 0 Å². The highest BCUT2D eigenvalue weighted by Crippen LogP contribution is 2.37. The van der Waals surface area contributed by atoms with E-state index in [1.54, 1.807) is 0 Å². The molecule has 5 nitrogen and oxygen atoms in total. The smallest absolute Gasteiger partial charge is 0.227 e. The van der Waals surface area contributed by atoms with Gasteiger partial charge in [0.05, 0.1) is 23.3 Å². The number of hydrogen-bond donors (Lipinski definition) is 0. The second-order valence-corrected chi connectivity index (χ2v) is 9.04. The number of para-hydroxylation sites is 4. The van der Waals surface area contributed by atoms with Crippen molar-refractivity contribution in [2.24, 2.45) is 0 Å². The zero-order valence-corrected chi connectivity index (χ0v) is 20.1. The predicted octanol–water partition coefficient (Wildman–Crippen LogP) is 6.71. The van der Waals surface area contributed by atoms with Crippen LogP contribution in [0.1, 0.15) is 77.0 Å². The van der Waals surface area contributed by atoms with Gasteiger partial charge in [0.1, 0.15) is 11.6 Å². The van der Waals surface area contributed by atoms with E-state index in [9.17, 15) is 4.79 Å². The normalized spacial score (nSPS) is 16.1. The third-order valence-corrected chi connectivity index (χ3v) is 6.62. The maximum Gasteiger partial charge on any atom is 0.227 e. The summed E-state index contributed by atoms with van der Waals surface area (Å²) in [6.45, 7) is 6.41. The molecule has 0 bridgehead atoms. The van der Waals surface area contributed by atoms with Crippen molar-refractivity contribution in [3.8, 4) is 5.75 Å². The van der Waals surface area contributed by atoms with Crippen LogP contribution in [0.2, 0.25) is 0 Å². The van der Waals surface area contributed by atoms with Gasteiger partial charge in [-0.3, -0.25) is 4.79 Å². The monoisotopic (exact) mass is 447 g/mol. The van der Waals surface area contributed by atoms with Gasteiger partial charge in [-0.05, 0) is 37.6 Å². The van der Waals surface area contributed by atoms with Crippen LogP contribution in [0.4, 0.5) is 5.69 Å². The Morgan fingerprint density at radius 1 is 0.939 bits per heavy atom. The number of rotatable bonds is 12. The number of carbonyl (C=O) groups excluding carboxylic acids is 1. The summed E-state index contributed by atoms with van der Waals surface area (Å²) in [7, 11) is 0. The second kappa shape index (κ2) is 11.4. The molecule has 3 aromatic rings. The number of benzene rings is 2. The molecule has 0 aliphatic carbocycles. The molecule has 5 heteroatoms. The van der Waals surface area contributed by atoms with Crippen molar-refractivity contribution in [1.82, 2.24) is 9.55 Å². The van der Waals surface area contributed by atoms with Crippen molar-refractivity contribution in [3.63, 3.8) is 0 Å². The molecule has 1 amide bonds. The summed E-state index contributed by atoms with van der Waals surface area (Å²) in [6.07, 6.45) is 9.48. The van der Waals surface area contributed by atoms with Crippen LogP contribution >= 0.6 is 0 Å². The molecule has 1 aliphatic heterocycles. The average Bonchev–Trinajstić information content (AvgIpc) is 3.39. The maximum absolute atomic E-state index is 13.1. The summed E-state index contributed by atoms with van der Waals surface area (Å²) in [4.78, 5) is 20.0. The fourth-order valence-electron chi connectivity index (χ4n) is 4.94. The van der Waals surface area contributed by atoms with E-state index in [2.05, 4.69) is 29.7 Å². The van der Waals surface area contributed by atoms with Gasteiger partial charge in [0.2, 0.25) is 5.91 Å². The first kappa shape index (κ1) is 23.3. The number of carbonyl (C=O) groups is 1. The Morgan fingerprint density at radius 3 is 2.48 bits per heavy atom. The second-order valence-electron chi connectivity index (χ2n) is 9.04. The molecule has 176 valence electrons. The van der Waals surface area contributed by atoms with Crippen molar-refractivity contribution in [1.29, 1.82) is 0 Å². The first-order valence-corrected chi connectivity index (χ1v) is 12.7. The molecule has 4 rings (SSSR count). The number of ether oxygens (including phenoxy) is 1. The van der Waals surface area contributed by atoms with Gasteiger partial charge in [-0.1, -0.05) is 69.7 Å². The van der Waals surface area contributed by atoms with Gasteiger partial charge in [-0.15, -0.1) is 0 Å². The molecular weight excluding hydrogens is 410 g/mol. The fraction of sp³-hybridized carbons (Fsp3) is 0.500. The number of nitrogens with zero attached hydrogens (tertiary/aromatic N) is 3. The summed E-state index contributed by atoms with van der Waals surface area (Å²) in [5.41, 5.74) is 3.07. The number of fused-ring (bicyclic) bond motifs is 1. The van der Waals surface area contributed by atoms with Gasteiger partial charge < -0.3 is 14.2 Å². The van der Waals surface area contributed by atoms with E-state index in [0.717, 1.165) is 35.7 Å². The lowest BCUT2D eigenvalue weighted by atomic mass is 10.1. The topological polar surface area (TPSA) is 47.4 Å². The van der Waals surface area contributed by atoms with Crippen LogP contribution < -0.4 is 9.64 Å². The summed E-state index contributed by atoms with van der Waals surface area (Å²) in [6, 6.07) is 16.2. The van der Waals surface area contributed by atoms with E-state index >= 15 is 0 Å². The van der Waals surface area contributed by atoms with Crippen molar-refractivity contribution >= 4 is 22.6 Å². The summed E-state index contributed by atoms with van der Waals surface area (Å²) < 4.78 is 8.17. The number of amides is 1. The van der Waals surface area contributed by atoms with Gasteiger partial charge in [0.25, 0.3) is 0 Å². The SMILES string of the molecule is CCCCCCCCCn1c(C2CC(=O)N(c3ccccc3OCC)C2)nc2ccccc21. The van der Waals surface area contributed by atoms with Crippen LogP contribution in [0.3, 0.4) is 0 Å². The number of aryl methyl sites for hydroxylation is 1. The molecule has 1 aliphatic rings. The summed E-state index contributed by atoms with van der Waals surface area (Å²) in [5, 5.41) is 0. The van der Waals surface area contributed by atoms with Crippen LogP contribution in [0, 0.1) is 0 Å². The van der Waals surface area contributed by atoms with Crippen molar-refractivity contribution in [2.45, 2.75) is 77.7 Å². The zero-order chi connectivity index (χ0) is 23.0. The molecule has 1 unspecified atom stereocenters. The predicted molar refractivity (Wildman–Crippen MR) is 135 cm³/mol. The Kier molecular flexibility index (Phi) is 8.03. The van der Waals surface area contributed by atoms with E-state index in [4.69, 9.17) is 9.72 Å². The first-order chi connectivity index (χ1) is 16.2. The Balaban J connectivity index is 1.51. The van der Waals surface area contributed by atoms with E-state index in [0.29, 0.717) is 19.6 Å². The number of imidazole rings is 1. The number of unbranched alkanes of at least 4 members (excludes halogenated alkanes) is 6. The molecule has 0 spiro atoms. The van der Waals surface area contributed by atoms with Crippen molar-refractivity contribution in [2.75, 3.05) is 18.1 Å². The fourth-order valence-corrected chi connectivity index (χ4v) is 4.94. The van der Waals surface area contributed by atoms with Gasteiger partial charge in [-0.2, -0.15) is 0 Å². The lowest BCUT2D eigenvalue weighted by molar-refractivity contribution is -0.117. The standard InChI is InChI=1S/C28H37N3O2/c1-3-5-6-7-8-9-14-19-30-24-16-11-10-15-23(24)29-28(30)22-20-27(32)31(21-22)25-17-12-13-18-26(25)33-4-2/h10-13,15-18,22H,3-9,14,19-21H2,1-2H3. The van der Waals surface area contributed by atoms with Crippen LogP contribution in [-0.2, 0) is 11.3 Å². The third-order valence-electron chi connectivity index (χ3n) is 6.62. The lowest BCUT2D eigenvalue weighted by Gasteiger charge is -2.20. The third kappa shape index (κ3) is 5.40. The maximum atomic E-state index is 13.1. The minimum Gasteiger partial charge on any atom is -0.492 e. The largest absolute Gasteiger partial charge is 0.492 e. The lowest BCUT2D eigenvalue weighted by Crippen LogP contribution is -2.25. The number of hydrogen-bond acceptors (Lipinski definition) is 3. The van der Waals surface area contributed by atoms with Crippen LogP contribution in [-0.4, -0.2) is 28.6 Å². The molecule has 0 N–H and O–H groups in total. The number of aromatic nitrogens is 2. The molecule has 1 fully saturated rings. The average molecular weight is 448 g/mol. The molecule has 1 saturated heterocycles. The molecule has 0 saturated carbocycles. The van der Waals surface area contributed by atoms with Gasteiger partial charge in [0.15, 0.2) is 0 Å². The Hall–Kier alpha value is -2.82. The molecule has 1 atom stereocenters. The van der Waals surface area contributed by atoms with E-state index in [1.165, 1.54) is 44.0 Å². The number of anilines is 1. The molecule has 2 aromatic carbocycles. The van der Waals surface area contributed by atoms with E-state index in [1.807, 2.05) is 42.2 Å².